The van der Waals surface area contributed by atoms with E-state index in [1.807, 2.05) is 4.90 Å². The molecule has 1 N–H and O–H groups in total. The molecular weight excluding hydrogens is 308 g/mol. The first-order valence-corrected chi connectivity index (χ1v) is 9.04. The van der Waals surface area contributed by atoms with Gasteiger partial charge in [-0.2, -0.15) is 0 Å². The lowest BCUT2D eigenvalue weighted by Gasteiger charge is -2.30. The van der Waals surface area contributed by atoms with Gasteiger partial charge in [0.05, 0.1) is 0 Å². The SMILES string of the molecule is O=C(c1s[nH]c(=O)c1Cl)N1CCCC1CC1CCCCC1. The van der Waals surface area contributed by atoms with Crippen LogP contribution in [-0.4, -0.2) is 27.8 Å². The van der Waals surface area contributed by atoms with Crippen LogP contribution in [0.5, 0.6) is 0 Å². The van der Waals surface area contributed by atoms with Crippen molar-refractivity contribution in [2.24, 2.45) is 5.92 Å². The number of likely N-dealkylation sites (tertiary alicyclic amines) is 1. The average molecular weight is 329 g/mol. The van der Waals surface area contributed by atoms with Gasteiger partial charge in [0.25, 0.3) is 11.5 Å². The summed E-state index contributed by atoms with van der Waals surface area (Å²) in [5, 5.41) is 0.0494. The molecule has 1 amide bonds. The van der Waals surface area contributed by atoms with E-state index in [1.165, 1.54) is 32.1 Å². The number of aromatic nitrogens is 1. The Kier molecular flexibility index (Phi) is 4.69. The van der Waals surface area contributed by atoms with E-state index >= 15 is 0 Å². The van der Waals surface area contributed by atoms with Gasteiger partial charge in [-0.25, -0.2) is 0 Å². The second-order valence-electron chi connectivity index (χ2n) is 6.21. The van der Waals surface area contributed by atoms with E-state index < -0.39 is 0 Å². The lowest BCUT2D eigenvalue weighted by molar-refractivity contribution is 0.0716. The number of rotatable bonds is 3. The van der Waals surface area contributed by atoms with Gasteiger partial charge in [-0.1, -0.05) is 55.2 Å². The molecule has 2 aliphatic rings. The Hall–Kier alpha value is -0.810. The Morgan fingerprint density at radius 1 is 1.24 bits per heavy atom. The first-order chi connectivity index (χ1) is 10.2. The highest BCUT2D eigenvalue weighted by Crippen LogP contribution is 2.33. The standard InChI is InChI=1S/C15H21ClN2O2S/c16-12-13(21-17-14(12)19)15(20)18-8-4-7-11(18)9-10-5-2-1-3-6-10/h10-11H,1-9H2,(H,17,19). The first-order valence-electron chi connectivity index (χ1n) is 7.84. The molecule has 0 radical (unpaired) electrons. The zero-order valence-electron chi connectivity index (χ0n) is 12.1. The largest absolute Gasteiger partial charge is 0.335 e. The summed E-state index contributed by atoms with van der Waals surface area (Å²) in [7, 11) is 0. The van der Waals surface area contributed by atoms with E-state index in [1.54, 1.807) is 0 Å². The highest BCUT2D eigenvalue weighted by molar-refractivity contribution is 7.08. The third-order valence-corrected chi connectivity index (χ3v) is 6.15. The van der Waals surface area contributed by atoms with Crippen molar-refractivity contribution in [3.8, 4) is 0 Å². The van der Waals surface area contributed by atoms with Gasteiger partial charge in [0.15, 0.2) is 0 Å². The predicted molar refractivity (Wildman–Crippen MR) is 85.2 cm³/mol. The van der Waals surface area contributed by atoms with Crippen molar-refractivity contribution in [3.63, 3.8) is 0 Å². The molecular formula is C15H21ClN2O2S. The fourth-order valence-electron chi connectivity index (χ4n) is 3.71. The lowest BCUT2D eigenvalue weighted by atomic mass is 9.84. The van der Waals surface area contributed by atoms with Crippen molar-refractivity contribution in [2.45, 2.75) is 57.4 Å². The van der Waals surface area contributed by atoms with E-state index in [9.17, 15) is 9.59 Å². The molecule has 1 saturated heterocycles. The topological polar surface area (TPSA) is 53.2 Å². The van der Waals surface area contributed by atoms with Gasteiger partial charge in [0, 0.05) is 12.6 Å². The third kappa shape index (κ3) is 3.19. The number of hydrogen-bond acceptors (Lipinski definition) is 3. The Morgan fingerprint density at radius 3 is 2.67 bits per heavy atom. The number of hydrogen-bond donors (Lipinski definition) is 1. The van der Waals surface area contributed by atoms with Crippen molar-refractivity contribution in [1.82, 2.24) is 9.27 Å². The molecule has 1 aromatic rings. The van der Waals surface area contributed by atoms with Crippen LogP contribution in [0, 0.1) is 5.92 Å². The molecule has 1 saturated carbocycles. The first kappa shape index (κ1) is 15.1. The Bertz CT molecular complexity index is 562. The van der Waals surface area contributed by atoms with Gasteiger partial charge < -0.3 is 4.90 Å². The molecule has 1 unspecified atom stereocenters. The fraction of sp³-hybridized carbons (Fsp3) is 0.733. The molecule has 0 aromatic carbocycles. The zero-order chi connectivity index (χ0) is 14.8. The molecule has 3 rings (SSSR count). The highest BCUT2D eigenvalue weighted by Gasteiger charge is 2.33. The number of carbonyl (C=O) groups excluding carboxylic acids is 1. The summed E-state index contributed by atoms with van der Waals surface area (Å²) in [6, 6.07) is 0.328. The average Bonchev–Trinajstić information content (AvgIpc) is 3.08. The van der Waals surface area contributed by atoms with Crippen LogP contribution >= 0.6 is 23.1 Å². The van der Waals surface area contributed by atoms with Gasteiger partial charge in [0.1, 0.15) is 9.90 Å². The minimum atomic E-state index is -0.354. The molecule has 6 heteroatoms. The van der Waals surface area contributed by atoms with Crippen LogP contribution < -0.4 is 5.56 Å². The highest BCUT2D eigenvalue weighted by atomic mass is 35.5. The van der Waals surface area contributed by atoms with Crippen LogP contribution in [0.15, 0.2) is 4.79 Å². The van der Waals surface area contributed by atoms with Crippen molar-refractivity contribution in [1.29, 1.82) is 0 Å². The van der Waals surface area contributed by atoms with Crippen LogP contribution in [0.2, 0.25) is 5.02 Å². The molecule has 4 nitrogen and oxygen atoms in total. The smallest absolute Gasteiger partial charge is 0.277 e. The van der Waals surface area contributed by atoms with Gasteiger partial charge >= 0.3 is 0 Å². The summed E-state index contributed by atoms with van der Waals surface area (Å²) in [5.74, 6) is 0.694. The fourth-order valence-corrected chi connectivity index (χ4v) is 4.70. The second kappa shape index (κ2) is 6.53. The van der Waals surface area contributed by atoms with Crippen molar-refractivity contribution >= 4 is 29.0 Å². The molecule has 0 spiro atoms. The molecule has 1 aromatic heterocycles. The number of aromatic amines is 1. The second-order valence-corrected chi connectivity index (χ2v) is 7.41. The number of H-pyrrole nitrogens is 1. The number of nitrogens with zero attached hydrogens (tertiary/aromatic N) is 1. The molecule has 21 heavy (non-hydrogen) atoms. The number of halogens is 1. The normalized spacial score (nSPS) is 23.7. The molecule has 1 aliphatic heterocycles. The molecule has 116 valence electrons. The van der Waals surface area contributed by atoms with Crippen LogP contribution in [0.25, 0.3) is 0 Å². The number of amides is 1. The minimum Gasteiger partial charge on any atom is -0.335 e. The number of carbonyl (C=O) groups is 1. The van der Waals surface area contributed by atoms with Crippen molar-refractivity contribution < 1.29 is 4.79 Å². The predicted octanol–water partition coefficient (Wildman–Crippen LogP) is 3.66. The molecule has 0 bridgehead atoms. The maximum atomic E-state index is 12.6. The summed E-state index contributed by atoms with van der Waals surface area (Å²) < 4.78 is 2.54. The Labute approximate surface area is 133 Å². The van der Waals surface area contributed by atoms with E-state index in [4.69, 9.17) is 11.6 Å². The maximum absolute atomic E-state index is 12.6. The maximum Gasteiger partial charge on any atom is 0.277 e. The molecule has 1 atom stereocenters. The summed E-state index contributed by atoms with van der Waals surface area (Å²) >= 11 is 7.00. The summed E-state index contributed by atoms with van der Waals surface area (Å²) in [4.78, 5) is 26.4. The van der Waals surface area contributed by atoms with Gasteiger partial charge in [-0.15, -0.1) is 0 Å². The summed E-state index contributed by atoms with van der Waals surface area (Å²) in [6.45, 7) is 0.790. The monoisotopic (exact) mass is 328 g/mol. The van der Waals surface area contributed by atoms with Gasteiger partial charge in [-0.3, -0.25) is 14.0 Å². The summed E-state index contributed by atoms with van der Waals surface area (Å²) in [6.07, 6.45) is 9.87. The number of nitrogens with one attached hydrogen (secondary N) is 1. The van der Waals surface area contributed by atoms with Crippen molar-refractivity contribution in [2.75, 3.05) is 6.54 Å². The van der Waals surface area contributed by atoms with Crippen LogP contribution in [0.3, 0.4) is 0 Å². The zero-order valence-corrected chi connectivity index (χ0v) is 13.6. The van der Waals surface area contributed by atoms with Crippen LogP contribution in [0.1, 0.15) is 61.0 Å². The Balaban J connectivity index is 1.69. The quantitative estimate of drug-likeness (QED) is 0.920. The van der Waals surface area contributed by atoms with E-state index in [-0.39, 0.29) is 16.5 Å². The van der Waals surface area contributed by atoms with Gasteiger partial charge in [-0.05, 0) is 25.2 Å². The third-order valence-electron chi connectivity index (χ3n) is 4.81. The van der Waals surface area contributed by atoms with Crippen LogP contribution in [-0.2, 0) is 0 Å². The van der Waals surface area contributed by atoms with E-state index in [0.29, 0.717) is 10.9 Å². The van der Waals surface area contributed by atoms with E-state index in [2.05, 4.69) is 4.37 Å². The molecule has 2 fully saturated rings. The van der Waals surface area contributed by atoms with Gasteiger partial charge in [0.2, 0.25) is 0 Å². The molecule has 1 aliphatic carbocycles. The molecule has 2 heterocycles. The van der Waals surface area contributed by atoms with Crippen LogP contribution in [0.4, 0.5) is 0 Å². The van der Waals surface area contributed by atoms with E-state index in [0.717, 1.165) is 43.3 Å². The lowest BCUT2D eigenvalue weighted by Crippen LogP contribution is -2.36. The Morgan fingerprint density at radius 2 is 2.00 bits per heavy atom. The minimum absolute atomic E-state index is 0.0494. The summed E-state index contributed by atoms with van der Waals surface area (Å²) in [5.41, 5.74) is -0.354. The van der Waals surface area contributed by atoms with Crippen molar-refractivity contribution in [3.05, 3.63) is 20.3 Å².